The number of rotatable bonds is 7. The number of amides is 1. The molecule has 1 aliphatic rings. The number of furan rings is 1. The van der Waals surface area contributed by atoms with Crippen molar-refractivity contribution in [3.05, 3.63) is 36.0 Å². The fourth-order valence-electron chi connectivity index (χ4n) is 3.47. The van der Waals surface area contributed by atoms with Crippen molar-refractivity contribution in [2.24, 2.45) is 12.0 Å². The minimum atomic E-state index is -0.173. The van der Waals surface area contributed by atoms with Gasteiger partial charge in [-0.2, -0.15) is 5.10 Å². The molecule has 0 bridgehead atoms. The van der Waals surface area contributed by atoms with Crippen molar-refractivity contribution in [2.75, 3.05) is 38.1 Å². The Kier molecular flexibility index (Phi) is 7.15. The topological polar surface area (TPSA) is 99.7 Å². The monoisotopic (exact) mass is 401 g/mol. The van der Waals surface area contributed by atoms with Gasteiger partial charge in [0.05, 0.1) is 18.1 Å². The molecule has 3 rings (SSSR count). The minimum Gasteiger partial charge on any atom is -0.459 e. The molecule has 3 N–H and O–H groups in total. The second-order valence-corrected chi connectivity index (χ2v) is 7.34. The van der Waals surface area contributed by atoms with Gasteiger partial charge in [-0.1, -0.05) is 0 Å². The third-order valence-corrected chi connectivity index (χ3v) is 5.04. The van der Waals surface area contributed by atoms with Gasteiger partial charge in [0.15, 0.2) is 11.7 Å². The van der Waals surface area contributed by atoms with Crippen LogP contribution in [0.4, 0.5) is 5.69 Å². The summed E-state index contributed by atoms with van der Waals surface area (Å²) >= 11 is 0. The van der Waals surface area contributed by atoms with Crippen LogP contribution < -0.4 is 20.9 Å². The van der Waals surface area contributed by atoms with Crippen LogP contribution in [0.5, 0.6) is 0 Å². The normalized spacial score (nSPS) is 17.3. The van der Waals surface area contributed by atoms with Gasteiger partial charge in [0.1, 0.15) is 0 Å². The van der Waals surface area contributed by atoms with Crippen molar-refractivity contribution in [1.29, 1.82) is 0 Å². The lowest BCUT2D eigenvalue weighted by atomic mass is 10.1. The first-order valence-corrected chi connectivity index (χ1v) is 10.1. The number of guanidine groups is 1. The maximum Gasteiger partial charge on any atom is 0.287 e. The van der Waals surface area contributed by atoms with Gasteiger partial charge in [-0.3, -0.25) is 14.5 Å². The quantitative estimate of drug-likeness (QED) is 0.367. The predicted octanol–water partition coefficient (Wildman–Crippen LogP) is 1.28. The number of aromatic nitrogens is 2. The van der Waals surface area contributed by atoms with E-state index in [1.165, 1.54) is 6.26 Å². The Morgan fingerprint density at radius 2 is 2.21 bits per heavy atom. The first kappa shape index (κ1) is 20.8. The number of aryl methyl sites for hydroxylation is 2. The summed E-state index contributed by atoms with van der Waals surface area (Å²) in [5.74, 6) is 0.995. The van der Waals surface area contributed by atoms with Crippen LogP contribution >= 0.6 is 0 Å². The number of hydrogen-bond acceptors (Lipinski definition) is 5. The van der Waals surface area contributed by atoms with Gasteiger partial charge in [0.25, 0.3) is 5.91 Å². The van der Waals surface area contributed by atoms with Gasteiger partial charge in [0.2, 0.25) is 0 Å². The Morgan fingerprint density at radius 3 is 2.90 bits per heavy atom. The molecule has 9 nitrogen and oxygen atoms in total. The molecule has 1 saturated heterocycles. The van der Waals surface area contributed by atoms with E-state index in [1.54, 1.807) is 13.1 Å². The van der Waals surface area contributed by atoms with Crippen molar-refractivity contribution in [1.82, 2.24) is 25.7 Å². The van der Waals surface area contributed by atoms with Crippen molar-refractivity contribution < 1.29 is 9.21 Å². The first-order valence-electron chi connectivity index (χ1n) is 10.1. The van der Waals surface area contributed by atoms with E-state index in [0.717, 1.165) is 56.1 Å². The fourth-order valence-corrected chi connectivity index (χ4v) is 3.47. The Bertz CT molecular complexity index is 826. The second-order valence-electron chi connectivity index (χ2n) is 7.34. The highest BCUT2D eigenvalue weighted by Gasteiger charge is 2.21. The lowest BCUT2D eigenvalue weighted by Gasteiger charge is -2.34. The first-order chi connectivity index (χ1) is 14.1. The number of nitrogens with one attached hydrogen (secondary N) is 3. The van der Waals surface area contributed by atoms with Gasteiger partial charge >= 0.3 is 0 Å². The average Bonchev–Trinajstić information content (AvgIpc) is 3.35. The summed E-state index contributed by atoms with van der Waals surface area (Å²) in [6, 6.07) is 2.11. The van der Waals surface area contributed by atoms with Crippen LogP contribution in [0.1, 0.15) is 35.4 Å². The summed E-state index contributed by atoms with van der Waals surface area (Å²) in [7, 11) is 3.71. The molecule has 0 saturated carbocycles. The van der Waals surface area contributed by atoms with Crippen LogP contribution in [0.25, 0.3) is 0 Å². The van der Waals surface area contributed by atoms with Crippen LogP contribution in [0.3, 0.4) is 0 Å². The molecular weight excluding hydrogens is 370 g/mol. The van der Waals surface area contributed by atoms with E-state index in [4.69, 9.17) is 4.42 Å². The van der Waals surface area contributed by atoms with Gasteiger partial charge < -0.3 is 25.3 Å². The number of nitrogens with zero attached hydrogens (tertiary/aromatic N) is 4. The molecule has 158 valence electrons. The van der Waals surface area contributed by atoms with Crippen LogP contribution in [0.15, 0.2) is 34.1 Å². The molecular formula is C20H31N7O2. The Labute approximate surface area is 171 Å². The van der Waals surface area contributed by atoms with E-state index in [1.807, 2.05) is 31.0 Å². The highest BCUT2D eigenvalue weighted by atomic mass is 16.3. The molecule has 9 heteroatoms. The highest BCUT2D eigenvalue weighted by molar-refractivity contribution is 5.92. The summed E-state index contributed by atoms with van der Waals surface area (Å²) in [5, 5.41) is 14.0. The number of piperidine rings is 1. The summed E-state index contributed by atoms with van der Waals surface area (Å²) in [4.78, 5) is 18.7. The molecule has 1 atom stereocenters. The molecule has 3 heterocycles. The molecule has 2 aromatic heterocycles. The van der Waals surface area contributed by atoms with Crippen LogP contribution in [0, 0.1) is 6.92 Å². The third-order valence-electron chi connectivity index (χ3n) is 5.04. The number of aliphatic imine (C=N–C) groups is 1. The summed E-state index contributed by atoms with van der Waals surface area (Å²) < 4.78 is 7.03. The lowest BCUT2D eigenvalue weighted by molar-refractivity contribution is 0.0925. The van der Waals surface area contributed by atoms with Crippen LogP contribution in [0.2, 0.25) is 0 Å². The largest absolute Gasteiger partial charge is 0.459 e. The van der Waals surface area contributed by atoms with Crippen LogP contribution in [-0.2, 0) is 7.05 Å². The Hall–Kier alpha value is -2.97. The molecule has 1 amide bonds. The molecule has 1 fully saturated rings. The minimum absolute atomic E-state index is 0.173. The van der Waals surface area contributed by atoms with E-state index in [9.17, 15) is 4.79 Å². The zero-order chi connectivity index (χ0) is 20.6. The summed E-state index contributed by atoms with van der Waals surface area (Å²) in [6.45, 7) is 5.11. The smallest absolute Gasteiger partial charge is 0.287 e. The molecule has 1 unspecified atom stereocenters. The van der Waals surface area contributed by atoms with E-state index in [-0.39, 0.29) is 5.91 Å². The van der Waals surface area contributed by atoms with E-state index in [0.29, 0.717) is 18.3 Å². The van der Waals surface area contributed by atoms with Crippen molar-refractivity contribution >= 4 is 17.6 Å². The SMILES string of the molecule is CN=C(NCCCNC(=O)c1occc1C)NC1CCCN(c2cnn(C)c2)C1. The lowest BCUT2D eigenvalue weighted by Crippen LogP contribution is -2.51. The van der Waals surface area contributed by atoms with Crippen molar-refractivity contribution in [3.8, 4) is 0 Å². The third kappa shape index (κ3) is 5.75. The summed E-state index contributed by atoms with van der Waals surface area (Å²) in [5.41, 5.74) is 2.00. The molecule has 2 aromatic rings. The Morgan fingerprint density at radius 1 is 1.38 bits per heavy atom. The van der Waals surface area contributed by atoms with Gasteiger partial charge in [-0.25, -0.2) is 0 Å². The molecule has 1 aliphatic heterocycles. The molecule has 29 heavy (non-hydrogen) atoms. The van der Waals surface area contributed by atoms with Crippen molar-refractivity contribution in [3.63, 3.8) is 0 Å². The maximum atomic E-state index is 12.0. The molecule has 0 radical (unpaired) electrons. The molecule has 0 aliphatic carbocycles. The molecule has 0 spiro atoms. The van der Waals surface area contributed by atoms with Gasteiger partial charge in [-0.05, 0) is 32.3 Å². The number of anilines is 1. The van der Waals surface area contributed by atoms with E-state index in [2.05, 4.69) is 30.9 Å². The fraction of sp³-hybridized carbons (Fsp3) is 0.550. The standard InChI is InChI=1S/C20H31N7O2/c1-15-7-11-29-18(15)19(28)22-8-5-9-23-20(21-2)25-16-6-4-10-27(13-16)17-12-24-26(3)14-17/h7,11-12,14,16H,4-6,8-10,13H2,1-3H3,(H,22,28)(H2,21,23,25). The second kappa shape index (κ2) is 9.99. The van der Waals surface area contributed by atoms with E-state index < -0.39 is 0 Å². The zero-order valence-electron chi connectivity index (χ0n) is 17.4. The average molecular weight is 402 g/mol. The number of carbonyl (C=O) groups is 1. The zero-order valence-corrected chi connectivity index (χ0v) is 17.4. The Balaban J connectivity index is 1.37. The highest BCUT2D eigenvalue weighted by Crippen LogP contribution is 2.18. The van der Waals surface area contributed by atoms with Crippen LogP contribution in [-0.4, -0.2) is 60.9 Å². The predicted molar refractivity (Wildman–Crippen MR) is 113 cm³/mol. The molecule has 0 aromatic carbocycles. The summed E-state index contributed by atoms with van der Waals surface area (Å²) in [6.07, 6.45) is 8.51. The number of carbonyl (C=O) groups excluding carboxylic acids is 1. The van der Waals surface area contributed by atoms with Crippen molar-refractivity contribution in [2.45, 2.75) is 32.2 Å². The van der Waals surface area contributed by atoms with Gasteiger partial charge in [0, 0.05) is 58.1 Å². The maximum absolute atomic E-state index is 12.0. The van der Waals surface area contributed by atoms with E-state index >= 15 is 0 Å². The number of hydrogen-bond donors (Lipinski definition) is 3. The van der Waals surface area contributed by atoms with Gasteiger partial charge in [-0.15, -0.1) is 0 Å².